The Labute approximate surface area is 166 Å². The van der Waals surface area contributed by atoms with Crippen LogP contribution in [0, 0.1) is 23.2 Å². The van der Waals surface area contributed by atoms with Crippen LogP contribution in [0.2, 0.25) is 0 Å². The van der Waals surface area contributed by atoms with E-state index in [1.54, 1.807) is 12.1 Å². The van der Waals surface area contributed by atoms with Crippen LogP contribution in [0.5, 0.6) is 0 Å². The third-order valence-corrected chi connectivity index (χ3v) is 5.80. The third-order valence-electron chi connectivity index (χ3n) is 5.80. The second kappa shape index (κ2) is 10.2. The summed E-state index contributed by atoms with van der Waals surface area (Å²) in [5.41, 5.74) is 0.613. The second-order valence-corrected chi connectivity index (χ2v) is 7.59. The number of rotatable bonds is 7. The summed E-state index contributed by atoms with van der Waals surface area (Å²) in [4.78, 5) is 15.0. The van der Waals surface area contributed by atoms with Crippen LogP contribution in [-0.2, 0) is 0 Å². The first-order valence-electron chi connectivity index (χ1n) is 10.1. The number of nitrogens with zero attached hydrogens (tertiary/aromatic N) is 4. The van der Waals surface area contributed by atoms with E-state index in [0.717, 1.165) is 58.3 Å². The molecular formula is C21H28FN5O. The molecule has 150 valence electrons. The molecule has 1 atom stereocenters. The molecule has 2 aliphatic heterocycles. The zero-order valence-electron chi connectivity index (χ0n) is 16.2. The van der Waals surface area contributed by atoms with Crippen molar-refractivity contribution in [3.8, 4) is 6.19 Å². The fourth-order valence-corrected chi connectivity index (χ4v) is 4.16. The topological polar surface area (TPSA) is 71.7 Å². The lowest BCUT2D eigenvalue weighted by molar-refractivity contribution is 0.0814. The molecule has 0 radical (unpaired) electrons. The summed E-state index contributed by atoms with van der Waals surface area (Å²) < 4.78 is 13.0. The molecule has 2 fully saturated rings. The number of hydrogen-bond acceptors (Lipinski definition) is 5. The number of hydrogen-bond donors (Lipinski definition) is 1. The Balaban J connectivity index is 1.44. The summed E-state index contributed by atoms with van der Waals surface area (Å²) >= 11 is 0. The molecule has 0 amide bonds. The van der Waals surface area contributed by atoms with E-state index in [1.807, 2.05) is 6.19 Å². The van der Waals surface area contributed by atoms with Crippen molar-refractivity contribution >= 4 is 12.1 Å². The molecular weight excluding hydrogens is 357 g/mol. The van der Waals surface area contributed by atoms with Gasteiger partial charge in [-0.2, -0.15) is 10.4 Å². The van der Waals surface area contributed by atoms with Gasteiger partial charge in [-0.1, -0.05) is 0 Å². The number of Topliss-reactive ketones (excluding diaryl/α,β-unsaturated/α-hetero) is 1. The van der Waals surface area contributed by atoms with Crippen molar-refractivity contribution in [3.63, 3.8) is 0 Å². The van der Waals surface area contributed by atoms with Crippen LogP contribution in [0.15, 0.2) is 29.4 Å². The van der Waals surface area contributed by atoms with Gasteiger partial charge in [0.25, 0.3) is 0 Å². The van der Waals surface area contributed by atoms with Gasteiger partial charge in [0.05, 0.1) is 0 Å². The number of ketones is 1. The number of benzene rings is 1. The van der Waals surface area contributed by atoms with E-state index in [1.165, 1.54) is 24.9 Å². The van der Waals surface area contributed by atoms with Crippen molar-refractivity contribution in [2.45, 2.75) is 44.6 Å². The van der Waals surface area contributed by atoms with Crippen molar-refractivity contribution in [2.24, 2.45) is 11.0 Å². The Morgan fingerprint density at radius 1 is 1.21 bits per heavy atom. The zero-order chi connectivity index (χ0) is 19.8. The maximum Gasteiger partial charge on any atom is 0.182 e. The number of carbonyl (C=O) groups is 1. The molecule has 1 aromatic carbocycles. The van der Waals surface area contributed by atoms with Crippen molar-refractivity contribution < 1.29 is 9.18 Å². The molecule has 1 unspecified atom stereocenters. The lowest BCUT2D eigenvalue weighted by Crippen LogP contribution is -2.41. The molecule has 1 N–H and O–H groups in total. The van der Waals surface area contributed by atoms with Gasteiger partial charge in [0.15, 0.2) is 12.0 Å². The van der Waals surface area contributed by atoms with E-state index in [4.69, 9.17) is 5.26 Å². The lowest BCUT2D eigenvalue weighted by atomic mass is 9.88. The molecule has 0 aromatic heterocycles. The minimum Gasteiger partial charge on any atom is -0.303 e. The van der Waals surface area contributed by atoms with E-state index >= 15 is 0 Å². The molecule has 2 aliphatic rings. The first-order valence-corrected chi connectivity index (χ1v) is 10.1. The number of hydrazone groups is 1. The van der Waals surface area contributed by atoms with Gasteiger partial charge in [-0.3, -0.25) is 15.1 Å². The predicted octanol–water partition coefficient (Wildman–Crippen LogP) is 2.98. The zero-order valence-corrected chi connectivity index (χ0v) is 16.2. The number of likely N-dealkylation sites (tertiary alicyclic amines) is 1. The van der Waals surface area contributed by atoms with Crippen molar-refractivity contribution in [2.75, 3.05) is 26.2 Å². The Kier molecular flexibility index (Phi) is 7.38. The Morgan fingerprint density at radius 3 is 2.68 bits per heavy atom. The fourth-order valence-electron chi connectivity index (χ4n) is 4.16. The van der Waals surface area contributed by atoms with Gasteiger partial charge >= 0.3 is 0 Å². The molecule has 7 heteroatoms. The first-order chi connectivity index (χ1) is 13.7. The van der Waals surface area contributed by atoms with Crippen LogP contribution in [-0.4, -0.2) is 54.3 Å². The summed E-state index contributed by atoms with van der Waals surface area (Å²) in [5.74, 6) is -0.136. The molecule has 1 aromatic rings. The minimum atomic E-state index is -0.309. The van der Waals surface area contributed by atoms with Crippen LogP contribution < -0.4 is 5.32 Å². The molecule has 0 aliphatic carbocycles. The lowest BCUT2D eigenvalue weighted by Gasteiger charge is -2.36. The van der Waals surface area contributed by atoms with Gasteiger partial charge in [-0.25, -0.2) is 4.39 Å². The highest BCUT2D eigenvalue weighted by Gasteiger charge is 2.27. The average molecular weight is 385 g/mol. The van der Waals surface area contributed by atoms with E-state index in [9.17, 15) is 9.18 Å². The molecule has 2 heterocycles. The quantitative estimate of drug-likeness (QED) is 0.257. The third kappa shape index (κ3) is 5.52. The second-order valence-electron chi connectivity index (χ2n) is 7.59. The molecule has 3 rings (SSSR count). The average Bonchev–Trinajstić information content (AvgIpc) is 2.74. The normalized spacial score (nSPS) is 21.6. The molecule has 6 nitrogen and oxygen atoms in total. The summed E-state index contributed by atoms with van der Waals surface area (Å²) in [6.45, 7) is 3.77. The SMILES string of the molecule is N#CN/C=N/N1CCCCC1CCN1CCC(C(=O)c2ccc(F)cc2)CC1. The van der Waals surface area contributed by atoms with E-state index in [0.29, 0.717) is 11.6 Å². The van der Waals surface area contributed by atoms with Crippen molar-refractivity contribution in [1.82, 2.24) is 15.2 Å². The Bertz CT molecular complexity index is 707. The Hall–Kier alpha value is -2.46. The summed E-state index contributed by atoms with van der Waals surface area (Å²) in [7, 11) is 0. The predicted molar refractivity (Wildman–Crippen MR) is 106 cm³/mol. The van der Waals surface area contributed by atoms with E-state index < -0.39 is 0 Å². The van der Waals surface area contributed by atoms with Crippen LogP contribution in [0.25, 0.3) is 0 Å². The van der Waals surface area contributed by atoms with Gasteiger partial charge in [0.2, 0.25) is 0 Å². The molecule has 0 saturated carbocycles. The van der Waals surface area contributed by atoms with Crippen LogP contribution in [0.4, 0.5) is 4.39 Å². The monoisotopic (exact) mass is 385 g/mol. The molecule has 28 heavy (non-hydrogen) atoms. The van der Waals surface area contributed by atoms with Gasteiger partial charge in [0, 0.05) is 30.6 Å². The van der Waals surface area contributed by atoms with Gasteiger partial charge in [-0.15, -0.1) is 0 Å². The highest BCUT2D eigenvalue weighted by atomic mass is 19.1. The highest BCUT2D eigenvalue weighted by Crippen LogP contribution is 2.24. The summed E-state index contributed by atoms with van der Waals surface area (Å²) in [5, 5.41) is 17.5. The van der Waals surface area contributed by atoms with E-state index in [-0.39, 0.29) is 17.5 Å². The smallest absolute Gasteiger partial charge is 0.182 e. The summed E-state index contributed by atoms with van der Waals surface area (Å²) in [6.07, 6.45) is 9.55. The number of carbonyl (C=O) groups excluding carboxylic acids is 1. The highest BCUT2D eigenvalue weighted by molar-refractivity contribution is 5.97. The van der Waals surface area contributed by atoms with Crippen LogP contribution in [0.1, 0.15) is 48.9 Å². The first kappa shape index (κ1) is 20.3. The van der Waals surface area contributed by atoms with Crippen LogP contribution in [0.3, 0.4) is 0 Å². The van der Waals surface area contributed by atoms with Gasteiger partial charge in [0.1, 0.15) is 12.2 Å². The van der Waals surface area contributed by atoms with Crippen molar-refractivity contribution in [1.29, 1.82) is 5.26 Å². The molecule has 0 bridgehead atoms. The molecule has 2 saturated heterocycles. The molecule has 0 spiro atoms. The number of piperidine rings is 2. The number of nitrogens with one attached hydrogen (secondary N) is 1. The fraction of sp³-hybridized carbons (Fsp3) is 0.571. The van der Waals surface area contributed by atoms with Gasteiger partial charge < -0.3 is 4.90 Å². The van der Waals surface area contributed by atoms with E-state index in [2.05, 4.69) is 20.3 Å². The number of halogens is 1. The minimum absolute atomic E-state index is 0.0366. The van der Waals surface area contributed by atoms with Crippen LogP contribution >= 0.6 is 0 Å². The van der Waals surface area contributed by atoms with Crippen molar-refractivity contribution in [3.05, 3.63) is 35.6 Å². The van der Waals surface area contributed by atoms with Gasteiger partial charge in [-0.05, 0) is 75.9 Å². The maximum atomic E-state index is 13.0. The largest absolute Gasteiger partial charge is 0.303 e. The standard InChI is InChI=1S/C21H28FN5O/c22-19-6-4-17(5-7-19)21(28)18-8-12-26(13-9-18)14-10-20-3-1-2-11-27(20)25-16-24-15-23/h4-7,16,18,20H,1-3,8-14H2,(H,24,25). The Morgan fingerprint density at radius 2 is 1.96 bits per heavy atom. The summed E-state index contributed by atoms with van der Waals surface area (Å²) in [6, 6.07) is 6.29. The number of nitriles is 1. The maximum absolute atomic E-state index is 13.0.